The highest BCUT2D eigenvalue weighted by Gasteiger charge is 2.26. The summed E-state index contributed by atoms with van der Waals surface area (Å²) in [5.41, 5.74) is 4.97. The SMILES string of the molecule is CC(C)C(NC(=O)CCCCCN1C(=O)C=CC1=O)C(=O)NC(C=O)CCCNC(N)=O. The second-order valence-electron chi connectivity index (χ2n) is 7.95. The lowest BCUT2D eigenvalue weighted by Crippen LogP contribution is -2.52. The quantitative estimate of drug-likeness (QED) is 0.152. The predicted octanol–water partition coefficient (Wildman–Crippen LogP) is -0.255. The number of nitrogens with two attached hydrogens (primary N) is 1. The van der Waals surface area contributed by atoms with Crippen LogP contribution >= 0.6 is 0 Å². The van der Waals surface area contributed by atoms with Gasteiger partial charge in [-0.1, -0.05) is 20.3 Å². The predicted molar refractivity (Wildman–Crippen MR) is 116 cm³/mol. The van der Waals surface area contributed by atoms with Crippen LogP contribution in [0.15, 0.2) is 12.2 Å². The van der Waals surface area contributed by atoms with Crippen LogP contribution in [0.4, 0.5) is 4.79 Å². The van der Waals surface area contributed by atoms with E-state index in [2.05, 4.69) is 16.0 Å². The third-order valence-corrected chi connectivity index (χ3v) is 4.93. The molecule has 11 heteroatoms. The van der Waals surface area contributed by atoms with Crippen molar-refractivity contribution in [1.82, 2.24) is 20.9 Å². The number of unbranched alkanes of at least 4 members (excludes halogenated alkanes) is 2. The van der Waals surface area contributed by atoms with E-state index in [0.29, 0.717) is 44.9 Å². The van der Waals surface area contributed by atoms with Gasteiger partial charge in [-0.25, -0.2) is 4.79 Å². The first-order valence-electron chi connectivity index (χ1n) is 10.8. The van der Waals surface area contributed by atoms with Crippen LogP contribution in [-0.2, 0) is 24.0 Å². The highest BCUT2D eigenvalue weighted by Crippen LogP contribution is 2.09. The number of imide groups is 1. The number of carbonyl (C=O) groups is 6. The topological polar surface area (TPSA) is 168 Å². The molecule has 2 atom stereocenters. The Hall–Kier alpha value is -3.24. The molecule has 6 amide bonds. The highest BCUT2D eigenvalue weighted by molar-refractivity contribution is 6.12. The van der Waals surface area contributed by atoms with Crippen LogP contribution in [0.3, 0.4) is 0 Å². The monoisotopic (exact) mass is 451 g/mol. The van der Waals surface area contributed by atoms with Crippen molar-refractivity contribution in [2.45, 2.75) is 64.5 Å². The smallest absolute Gasteiger partial charge is 0.312 e. The molecule has 0 bridgehead atoms. The molecule has 0 saturated heterocycles. The van der Waals surface area contributed by atoms with Gasteiger partial charge < -0.3 is 26.5 Å². The molecule has 0 radical (unpaired) electrons. The van der Waals surface area contributed by atoms with Crippen LogP contribution in [0.2, 0.25) is 0 Å². The van der Waals surface area contributed by atoms with E-state index in [9.17, 15) is 28.8 Å². The van der Waals surface area contributed by atoms with Crippen molar-refractivity contribution in [2.24, 2.45) is 11.7 Å². The number of nitrogens with one attached hydrogen (secondary N) is 3. The Morgan fingerprint density at radius 2 is 1.69 bits per heavy atom. The first-order valence-corrected chi connectivity index (χ1v) is 10.8. The van der Waals surface area contributed by atoms with Crippen LogP contribution in [0.1, 0.15) is 52.4 Å². The van der Waals surface area contributed by atoms with Gasteiger partial charge in [-0.2, -0.15) is 0 Å². The molecule has 1 aliphatic rings. The van der Waals surface area contributed by atoms with Crippen LogP contribution in [0.5, 0.6) is 0 Å². The number of aldehydes is 1. The standard InChI is InChI=1S/C21H33N5O6/c1-14(2)19(20(31)24-15(13-27)7-6-11-23-21(22)32)25-16(28)8-4-3-5-12-26-17(29)9-10-18(26)30/h9-10,13-15,19H,3-8,11-12H2,1-2H3,(H,24,31)(H,25,28)(H3,22,23,32). The Bertz CT molecular complexity index is 718. The lowest BCUT2D eigenvalue weighted by atomic mass is 10.0. The molecule has 0 aromatic heterocycles. The molecule has 178 valence electrons. The third kappa shape index (κ3) is 9.71. The lowest BCUT2D eigenvalue weighted by Gasteiger charge is -2.23. The number of nitrogens with zero attached hydrogens (tertiary/aromatic N) is 1. The summed E-state index contributed by atoms with van der Waals surface area (Å²) < 4.78 is 0. The fraction of sp³-hybridized carbons (Fsp3) is 0.619. The summed E-state index contributed by atoms with van der Waals surface area (Å²) in [7, 11) is 0. The minimum Gasteiger partial charge on any atom is -0.352 e. The first kappa shape index (κ1) is 26.8. The molecular weight excluding hydrogens is 418 g/mol. The molecule has 0 saturated carbocycles. The van der Waals surface area contributed by atoms with Crippen molar-refractivity contribution < 1.29 is 28.8 Å². The van der Waals surface area contributed by atoms with Gasteiger partial charge in [0.15, 0.2) is 0 Å². The van der Waals surface area contributed by atoms with Crippen LogP contribution in [0.25, 0.3) is 0 Å². The molecule has 1 rings (SSSR count). The lowest BCUT2D eigenvalue weighted by molar-refractivity contribution is -0.137. The molecule has 32 heavy (non-hydrogen) atoms. The van der Waals surface area contributed by atoms with Gasteiger partial charge in [0.2, 0.25) is 11.8 Å². The summed E-state index contributed by atoms with van der Waals surface area (Å²) >= 11 is 0. The van der Waals surface area contributed by atoms with Crippen LogP contribution in [-0.4, -0.2) is 66.0 Å². The van der Waals surface area contributed by atoms with E-state index in [0.717, 1.165) is 4.90 Å². The third-order valence-electron chi connectivity index (χ3n) is 4.93. The van der Waals surface area contributed by atoms with Gasteiger partial charge >= 0.3 is 6.03 Å². The Morgan fingerprint density at radius 1 is 1.03 bits per heavy atom. The molecule has 0 aromatic rings. The summed E-state index contributed by atoms with van der Waals surface area (Å²) in [6.45, 7) is 4.17. The van der Waals surface area contributed by atoms with Crippen LogP contribution < -0.4 is 21.7 Å². The zero-order valence-electron chi connectivity index (χ0n) is 18.6. The molecule has 1 heterocycles. The normalized spacial score (nSPS) is 14.9. The molecule has 5 N–H and O–H groups in total. The van der Waals surface area contributed by atoms with Crippen molar-refractivity contribution in [3.8, 4) is 0 Å². The maximum absolute atomic E-state index is 12.6. The van der Waals surface area contributed by atoms with E-state index in [1.807, 2.05) is 0 Å². The second-order valence-corrected chi connectivity index (χ2v) is 7.95. The van der Waals surface area contributed by atoms with Crippen molar-refractivity contribution in [2.75, 3.05) is 13.1 Å². The summed E-state index contributed by atoms with van der Waals surface area (Å²) in [5.74, 6) is -1.58. The maximum atomic E-state index is 12.6. The Labute approximate surface area is 187 Å². The average molecular weight is 452 g/mol. The van der Waals surface area contributed by atoms with Crippen molar-refractivity contribution >= 4 is 35.9 Å². The summed E-state index contributed by atoms with van der Waals surface area (Å²) in [5, 5.41) is 7.73. The van der Waals surface area contributed by atoms with Crippen molar-refractivity contribution in [3.63, 3.8) is 0 Å². The van der Waals surface area contributed by atoms with Crippen molar-refractivity contribution in [3.05, 3.63) is 12.2 Å². The largest absolute Gasteiger partial charge is 0.352 e. The number of hydrogen-bond donors (Lipinski definition) is 4. The molecule has 11 nitrogen and oxygen atoms in total. The minimum absolute atomic E-state index is 0.192. The van der Waals surface area contributed by atoms with Gasteiger partial charge in [0.1, 0.15) is 12.3 Å². The zero-order valence-corrected chi connectivity index (χ0v) is 18.6. The zero-order chi connectivity index (χ0) is 24.1. The molecule has 0 spiro atoms. The number of amides is 6. The first-order chi connectivity index (χ1) is 15.1. The second kappa shape index (κ2) is 13.9. The summed E-state index contributed by atoms with van der Waals surface area (Å²) in [6, 6.07) is -2.19. The van der Waals surface area contributed by atoms with E-state index >= 15 is 0 Å². The van der Waals surface area contributed by atoms with Gasteiger partial charge in [0.25, 0.3) is 11.8 Å². The fourth-order valence-corrected chi connectivity index (χ4v) is 3.14. The number of urea groups is 1. The van der Waals surface area contributed by atoms with Gasteiger partial charge in [0.05, 0.1) is 6.04 Å². The Morgan fingerprint density at radius 3 is 2.25 bits per heavy atom. The fourth-order valence-electron chi connectivity index (χ4n) is 3.14. The molecule has 0 aromatic carbocycles. The highest BCUT2D eigenvalue weighted by atomic mass is 16.2. The van der Waals surface area contributed by atoms with E-state index in [1.165, 1.54) is 12.2 Å². The number of hydrogen-bond acceptors (Lipinski definition) is 6. The van der Waals surface area contributed by atoms with E-state index < -0.39 is 24.0 Å². The van der Waals surface area contributed by atoms with E-state index in [-0.39, 0.29) is 36.6 Å². The maximum Gasteiger partial charge on any atom is 0.312 e. The van der Waals surface area contributed by atoms with Gasteiger partial charge in [-0.05, 0) is 31.6 Å². The molecular formula is C21H33N5O6. The molecule has 1 aliphatic heterocycles. The van der Waals surface area contributed by atoms with Crippen molar-refractivity contribution in [1.29, 1.82) is 0 Å². The molecule has 0 fully saturated rings. The molecule has 0 aliphatic carbocycles. The van der Waals surface area contributed by atoms with E-state index in [1.54, 1.807) is 13.8 Å². The van der Waals surface area contributed by atoms with E-state index in [4.69, 9.17) is 5.73 Å². The van der Waals surface area contributed by atoms with Gasteiger partial charge in [0, 0.05) is 31.7 Å². The summed E-state index contributed by atoms with van der Waals surface area (Å²) in [6.07, 6.45) is 5.86. The average Bonchev–Trinajstić information content (AvgIpc) is 3.05. The van der Waals surface area contributed by atoms with Gasteiger partial charge in [-0.3, -0.25) is 24.1 Å². The Kier molecular flexibility index (Phi) is 11.7. The molecule has 2 unspecified atom stereocenters. The van der Waals surface area contributed by atoms with Crippen LogP contribution in [0, 0.1) is 5.92 Å². The van der Waals surface area contributed by atoms with Gasteiger partial charge in [-0.15, -0.1) is 0 Å². The number of carbonyl (C=O) groups excluding carboxylic acids is 6. The number of primary amides is 1. The number of rotatable bonds is 15. The minimum atomic E-state index is -0.792. The Balaban J connectivity index is 2.36. The summed E-state index contributed by atoms with van der Waals surface area (Å²) in [4.78, 5) is 70.9.